The van der Waals surface area contributed by atoms with Crippen LogP contribution in [-0.2, 0) is 0 Å². The summed E-state index contributed by atoms with van der Waals surface area (Å²) in [7, 11) is 0. The Kier molecular flexibility index (Phi) is 7.48. The fourth-order valence-electron chi connectivity index (χ4n) is 4.91. The summed E-state index contributed by atoms with van der Waals surface area (Å²) in [6.07, 6.45) is 2.66. The van der Waals surface area contributed by atoms with Gasteiger partial charge in [-0.15, -0.1) is 0 Å². The maximum atomic E-state index is 12.9. The van der Waals surface area contributed by atoms with Crippen LogP contribution < -0.4 is 22.1 Å². The average Bonchev–Trinajstić information content (AvgIpc) is 2.84. The molecule has 2 fully saturated rings. The number of rotatable bonds is 5. The molecule has 6 N–H and O–H groups in total. The zero-order valence-electron chi connectivity index (χ0n) is 19.5. The number of nitrogen functional groups attached to an aromatic ring is 2. The Morgan fingerprint density at radius 1 is 1.03 bits per heavy atom. The molecule has 2 aromatic rings. The Balaban J connectivity index is 1.40. The molecule has 0 radical (unpaired) electrons. The summed E-state index contributed by atoms with van der Waals surface area (Å²) in [4.78, 5) is 43.2. The molecule has 188 valence electrons. The molecule has 2 saturated heterocycles. The van der Waals surface area contributed by atoms with E-state index in [2.05, 4.69) is 31.7 Å². The Bertz CT molecular complexity index is 1120. The summed E-state index contributed by atoms with van der Waals surface area (Å²) in [6.45, 7) is 5.63. The molecule has 11 nitrogen and oxygen atoms in total. The summed E-state index contributed by atoms with van der Waals surface area (Å²) in [6, 6.07) is 3.83. The molecule has 0 spiro atoms. The van der Waals surface area contributed by atoms with E-state index in [1.54, 1.807) is 12.1 Å². The van der Waals surface area contributed by atoms with Crippen LogP contribution in [0.15, 0.2) is 12.1 Å². The standard InChI is InChI=1S/C22H29Cl2N9O2/c1-2-12-11-32(21-17(24)29-16(20(27)34)19(26)30-21)9-10-33(12)13-5-7-31(8-6-13)22(35)14-3-4-15(23)28-18(14)25/h3-4,12-13H,2,5-11H2,1H3,(H2,25,28)(H2,26,30)(H2,27,34)/t12-/m0/s1. The first-order valence-corrected chi connectivity index (χ1v) is 12.3. The monoisotopic (exact) mass is 521 g/mol. The number of primary amides is 1. The van der Waals surface area contributed by atoms with Crippen molar-refractivity contribution in [3.8, 4) is 0 Å². The van der Waals surface area contributed by atoms with Crippen molar-refractivity contribution in [3.05, 3.63) is 33.7 Å². The van der Waals surface area contributed by atoms with Gasteiger partial charge in [-0.25, -0.2) is 15.0 Å². The third-order valence-electron chi connectivity index (χ3n) is 6.74. The predicted molar refractivity (Wildman–Crippen MR) is 136 cm³/mol. The minimum Gasteiger partial charge on any atom is -0.383 e. The summed E-state index contributed by atoms with van der Waals surface area (Å²) < 4.78 is 0. The number of anilines is 3. The number of likely N-dealkylation sites (tertiary alicyclic amines) is 1. The quantitative estimate of drug-likeness (QED) is 0.496. The third kappa shape index (κ3) is 5.21. The molecule has 0 aromatic carbocycles. The first kappa shape index (κ1) is 25.2. The topological polar surface area (TPSA) is 161 Å². The number of nitrogens with two attached hydrogens (primary N) is 3. The highest BCUT2D eigenvalue weighted by molar-refractivity contribution is 6.32. The maximum absolute atomic E-state index is 12.9. The second kappa shape index (κ2) is 10.4. The Hall–Kier alpha value is -2.89. The molecular weight excluding hydrogens is 493 g/mol. The lowest BCUT2D eigenvalue weighted by molar-refractivity contribution is 0.0491. The average molecular weight is 522 g/mol. The van der Waals surface area contributed by atoms with Crippen LogP contribution in [0.2, 0.25) is 10.3 Å². The van der Waals surface area contributed by atoms with Crippen molar-refractivity contribution >= 4 is 52.5 Å². The largest absolute Gasteiger partial charge is 0.383 e. The number of amides is 2. The fraction of sp³-hybridized carbons (Fsp3) is 0.500. The van der Waals surface area contributed by atoms with Crippen molar-refractivity contribution in [3.63, 3.8) is 0 Å². The van der Waals surface area contributed by atoms with Gasteiger partial charge in [0.05, 0.1) is 5.56 Å². The van der Waals surface area contributed by atoms with E-state index in [9.17, 15) is 9.59 Å². The van der Waals surface area contributed by atoms with Gasteiger partial charge in [-0.3, -0.25) is 14.5 Å². The van der Waals surface area contributed by atoms with E-state index in [-0.39, 0.29) is 39.6 Å². The van der Waals surface area contributed by atoms with Crippen LogP contribution in [-0.4, -0.2) is 81.4 Å². The molecule has 0 unspecified atom stereocenters. The SMILES string of the molecule is CC[C@H]1CN(c2nc(N)c(C(N)=O)nc2Cl)CCN1C1CCN(C(=O)c2ccc(Cl)nc2N)CC1. The number of piperazine rings is 1. The van der Waals surface area contributed by atoms with Gasteiger partial charge in [0.15, 0.2) is 22.5 Å². The van der Waals surface area contributed by atoms with E-state index in [0.717, 1.165) is 25.8 Å². The minimum atomic E-state index is -0.764. The zero-order valence-corrected chi connectivity index (χ0v) is 21.0. The Morgan fingerprint density at radius 3 is 2.37 bits per heavy atom. The normalized spacial score (nSPS) is 19.7. The first-order valence-electron chi connectivity index (χ1n) is 11.5. The number of hydrogen-bond acceptors (Lipinski definition) is 9. The van der Waals surface area contributed by atoms with Gasteiger partial charge in [-0.05, 0) is 31.4 Å². The van der Waals surface area contributed by atoms with Crippen LogP contribution in [0, 0.1) is 0 Å². The van der Waals surface area contributed by atoms with Gasteiger partial charge in [-0.2, -0.15) is 0 Å². The molecule has 2 aliphatic rings. The van der Waals surface area contributed by atoms with Crippen LogP contribution in [0.5, 0.6) is 0 Å². The molecular formula is C22H29Cl2N9O2. The second-order valence-electron chi connectivity index (χ2n) is 8.77. The highest BCUT2D eigenvalue weighted by Crippen LogP contribution is 2.30. The van der Waals surface area contributed by atoms with Crippen LogP contribution in [0.1, 0.15) is 47.0 Å². The maximum Gasteiger partial charge on any atom is 0.271 e. The lowest BCUT2D eigenvalue weighted by Gasteiger charge is -2.47. The molecule has 13 heteroatoms. The summed E-state index contributed by atoms with van der Waals surface area (Å²) in [5.74, 6) is -0.299. The van der Waals surface area contributed by atoms with E-state index < -0.39 is 5.91 Å². The highest BCUT2D eigenvalue weighted by atomic mass is 35.5. The number of halogens is 2. The third-order valence-corrected chi connectivity index (χ3v) is 7.20. The Morgan fingerprint density at radius 2 is 1.74 bits per heavy atom. The number of aromatic nitrogens is 3. The van der Waals surface area contributed by atoms with Gasteiger partial charge in [0.2, 0.25) is 0 Å². The smallest absolute Gasteiger partial charge is 0.271 e. The van der Waals surface area contributed by atoms with Crippen molar-refractivity contribution in [1.29, 1.82) is 0 Å². The fourth-order valence-corrected chi connectivity index (χ4v) is 5.31. The molecule has 4 heterocycles. The molecule has 2 aromatic heterocycles. The molecule has 0 aliphatic carbocycles. The molecule has 1 atom stereocenters. The van der Waals surface area contributed by atoms with Crippen molar-refractivity contribution in [2.45, 2.75) is 38.3 Å². The second-order valence-corrected chi connectivity index (χ2v) is 9.52. The van der Waals surface area contributed by atoms with Crippen LogP contribution in [0.4, 0.5) is 17.5 Å². The molecule has 35 heavy (non-hydrogen) atoms. The van der Waals surface area contributed by atoms with Crippen LogP contribution in [0.25, 0.3) is 0 Å². The van der Waals surface area contributed by atoms with Gasteiger partial charge in [-0.1, -0.05) is 30.1 Å². The highest BCUT2D eigenvalue weighted by Gasteiger charge is 2.35. The number of hydrogen-bond donors (Lipinski definition) is 3. The van der Waals surface area contributed by atoms with E-state index in [4.69, 9.17) is 40.4 Å². The number of carbonyl (C=O) groups is 2. The van der Waals surface area contributed by atoms with Gasteiger partial charge in [0.1, 0.15) is 11.0 Å². The zero-order chi connectivity index (χ0) is 25.3. The van der Waals surface area contributed by atoms with Crippen molar-refractivity contribution < 1.29 is 9.59 Å². The van der Waals surface area contributed by atoms with Gasteiger partial charge >= 0.3 is 0 Å². The number of piperidine rings is 1. The molecule has 2 aliphatic heterocycles. The lowest BCUT2D eigenvalue weighted by Crippen LogP contribution is -2.58. The molecule has 4 rings (SSSR count). The summed E-state index contributed by atoms with van der Waals surface area (Å²) >= 11 is 12.2. The van der Waals surface area contributed by atoms with Gasteiger partial charge in [0.25, 0.3) is 11.8 Å². The van der Waals surface area contributed by atoms with E-state index >= 15 is 0 Å². The van der Waals surface area contributed by atoms with Gasteiger partial charge < -0.3 is 27.0 Å². The van der Waals surface area contributed by atoms with Crippen molar-refractivity contribution in [2.24, 2.45) is 5.73 Å². The molecule has 2 amide bonds. The summed E-state index contributed by atoms with van der Waals surface area (Å²) in [5, 5.41) is 0.375. The molecule has 0 saturated carbocycles. The van der Waals surface area contributed by atoms with Gasteiger partial charge in [0, 0.05) is 44.8 Å². The summed E-state index contributed by atoms with van der Waals surface area (Å²) in [5.41, 5.74) is 17.3. The van der Waals surface area contributed by atoms with E-state index in [0.29, 0.717) is 43.6 Å². The molecule has 0 bridgehead atoms. The number of pyridine rings is 1. The number of carbonyl (C=O) groups excluding carboxylic acids is 2. The Labute approximate surface area is 213 Å². The first-order chi connectivity index (χ1) is 16.7. The van der Waals surface area contributed by atoms with Crippen LogP contribution in [0.3, 0.4) is 0 Å². The van der Waals surface area contributed by atoms with Crippen LogP contribution >= 0.6 is 23.2 Å². The van der Waals surface area contributed by atoms with E-state index in [1.165, 1.54) is 0 Å². The lowest BCUT2D eigenvalue weighted by atomic mass is 9.97. The predicted octanol–water partition coefficient (Wildman–Crippen LogP) is 1.65. The van der Waals surface area contributed by atoms with Crippen molar-refractivity contribution in [2.75, 3.05) is 49.1 Å². The van der Waals surface area contributed by atoms with E-state index in [1.807, 2.05) is 4.90 Å². The minimum absolute atomic E-state index is 0.0269. The number of nitrogens with zero attached hydrogens (tertiary/aromatic N) is 6. The van der Waals surface area contributed by atoms with Crippen molar-refractivity contribution in [1.82, 2.24) is 24.8 Å².